The fraction of sp³-hybridized carbons (Fsp3) is 0.500. The molecule has 0 saturated heterocycles. The van der Waals surface area contributed by atoms with Crippen LogP contribution in [0.4, 0.5) is 8.78 Å². The van der Waals surface area contributed by atoms with Crippen molar-refractivity contribution in [2.45, 2.75) is 38.5 Å². The van der Waals surface area contributed by atoms with E-state index in [9.17, 15) is 13.3 Å². The van der Waals surface area contributed by atoms with Gasteiger partial charge in [0.25, 0.3) is 0 Å². The fourth-order valence-electron chi connectivity index (χ4n) is 1.32. The number of nitrogens with one attached hydrogen (secondary N) is 1. The van der Waals surface area contributed by atoms with Crippen LogP contribution in [0.2, 0.25) is 0 Å². The van der Waals surface area contributed by atoms with Gasteiger partial charge in [0.15, 0.2) is 0 Å². The molecule has 0 fully saturated rings. The molecule has 1 aromatic carbocycles. The van der Waals surface area contributed by atoms with Crippen LogP contribution in [0.1, 0.15) is 39.3 Å². The highest BCUT2D eigenvalue weighted by Gasteiger charge is 2.29. The predicted octanol–water partition coefficient (Wildman–Crippen LogP) is 3.08. The standard InChI is InChI=1S/C12H17F2NOS/c1-8(15-17(16)12(2,3)4)11-9(13)6-5-7-10(11)14/h5-8,15H,1-4H3/t8-,17+/m0/s1. The van der Waals surface area contributed by atoms with Crippen LogP contribution in [0.5, 0.6) is 0 Å². The summed E-state index contributed by atoms with van der Waals surface area (Å²) in [5, 5.41) is 0. The quantitative estimate of drug-likeness (QED) is 0.849. The van der Waals surface area contributed by atoms with Crippen molar-refractivity contribution >= 4 is 11.4 Å². The van der Waals surface area contributed by atoms with E-state index in [0.717, 1.165) is 0 Å². The van der Waals surface area contributed by atoms with E-state index in [1.165, 1.54) is 18.2 Å². The number of hydrogen-bond donors (Lipinski definition) is 1. The molecule has 0 heterocycles. The van der Waals surface area contributed by atoms with Crippen LogP contribution in [0.15, 0.2) is 18.2 Å². The molecule has 0 aliphatic carbocycles. The van der Waals surface area contributed by atoms with Gasteiger partial charge in [0.2, 0.25) is 0 Å². The second kappa shape index (κ2) is 5.33. The minimum atomic E-state index is -1.37. The predicted molar refractivity (Wildman–Crippen MR) is 65.8 cm³/mol. The topological polar surface area (TPSA) is 35.1 Å². The Labute approximate surface area is 104 Å². The number of hydrogen-bond acceptors (Lipinski definition) is 2. The van der Waals surface area contributed by atoms with Gasteiger partial charge < -0.3 is 4.55 Å². The minimum Gasteiger partial charge on any atom is -0.598 e. The number of benzene rings is 1. The Kier molecular flexibility index (Phi) is 4.52. The maximum absolute atomic E-state index is 13.5. The Bertz CT molecular complexity index is 372. The van der Waals surface area contributed by atoms with E-state index in [1.54, 1.807) is 27.7 Å². The molecule has 1 N–H and O–H groups in total. The van der Waals surface area contributed by atoms with Crippen molar-refractivity contribution in [3.8, 4) is 0 Å². The van der Waals surface area contributed by atoms with Crippen molar-refractivity contribution in [3.05, 3.63) is 35.4 Å². The molecule has 1 aromatic rings. The van der Waals surface area contributed by atoms with Crippen molar-refractivity contribution in [3.63, 3.8) is 0 Å². The summed E-state index contributed by atoms with van der Waals surface area (Å²) in [4.78, 5) is 0. The first-order valence-corrected chi connectivity index (χ1v) is 6.50. The molecule has 0 aliphatic rings. The van der Waals surface area contributed by atoms with E-state index in [1.807, 2.05) is 0 Å². The monoisotopic (exact) mass is 261 g/mol. The van der Waals surface area contributed by atoms with Crippen molar-refractivity contribution in [1.29, 1.82) is 0 Å². The molecule has 2 nitrogen and oxygen atoms in total. The summed E-state index contributed by atoms with van der Waals surface area (Å²) in [6.45, 7) is 6.97. The van der Waals surface area contributed by atoms with Gasteiger partial charge in [0.05, 0.1) is 6.04 Å². The zero-order valence-corrected chi connectivity index (χ0v) is 11.2. The minimum absolute atomic E-state index is 0.0786. The van der Waals surface area contributed by atoms with Crippen LogP contribution in [-0.2, 0) is 11.4 Å². The highest BCUT2D eigenvalue weighted by atomic mass is 32.2. The highest BCUT2D eigenvalue weighted by Crippen LogP contribution is 2.23. The molecule has 96 valence electrons. The Hall–Kier alpha value is -0.650. The summed E-state index contributed by atoms with van der Waals surface area (Å²) >= 11 is -1.37. The first kappa shape index (κ1) is 14.4. The molecule has 0 spiro atoms. The lowest BCUT2D eigenvalue weighted by Gasteiger charge is -2.26. The first-order valence-electron chi connectivity index (χ1n) is 5.35. The Morgan fingerprint density at radius 2 is 1.71 bits per heavy atom. The molecule has 1 rings (SSSR count). The zero-order chi connectivity index (χ0) is 13.2. The van der Waals surface area contributed by atoms with Crippen molar-refractivity contribution in [2.75, 3.05) is 0 Å². The van der Waals surface area contributed by atoms with Gasteiger partial charge in [-0.3, -0.25) is 0 Å². The van der Waals surface area contributed by atoms with Gasteiger partial charge in [0, 0.05) is 16.9 Å². The molecule has 0 unspecified atom stereocenters. The van der Waals surface area contributed by atoms with Gasteiger partial charge in [0.1, 0.15) is 16.4 Å². The summed E-state index contributed by atoms with van der Waals surface area (Å²) in [7, 11) is 0. The highest BCUT2D eigenvalue weighted by molar-refractivity contribution is 7.90. The lowest BCUT2D eigenvalue weighted by molar-refractivity contribution is 0.501. The maximum atomic E-state index is 13.5. The molecule has 17 heavy (non-hydrogen) atoms. The molecule has 0 aliphatic heterocycles. The average Bonchev–Trinajstić information content (AvgIpc) is 2.15. The zero-order valence-electron chi connectivity index (χ0n) is 10.4. The Morgan fingerprint density at radius 3 is 2.12 bits per heavy atom. The SMILES string of the molecule is C[C@H](N[S@+]([O-])C(C)(C)C)c1c(F)cccc1F. The van der Waals surface area contributed by atoms with Gasteiger partial charge in [-0.25, -0.2) is 8.78 Å². The fourth-order valence-corrected chi connectivity index (χ4v) is 2.11. The second-order valence-electron chi connectivity index (χ2n) is 4.86. The van der Waals surface area contributed by atoms with E-state index in [0.29, 0.717) is 0 Å². The smallest absolute Gasteiger partial charge is 0.136 e. The van der Waals surface area contributed by atoms with Crippen LogP contribution < -0.4 is 4.72 Å². The summed E-state index contributed by atoms with van der Waals surface area (Å²) < 4.78 is 41.0. The molecule has 2 atom stereocenters. The van der Waals surface area contributed by atoms with E-state index in [-0.39, 0.29) is 5.56 Å². The molecule has 0 amide bonds. The van der Waals surface area contributed by atoms with Crippen LogP contribution >= 0.6 is 0 Å². The van der Waals surface area contributed by atoms with Crippen LogP contribution in [-0.4, -0.2) is 9.30 Å². The molecule has 5 heteroatoms. The van der Waals surface area contributed by atoms with Gasteiger partial charge in [-0.15, -0.1) is 4.72 Å². The third-order valence-electron chi connectivity index (χ3n) is 2.27. The first-order chi connectivity index (χ1) is 7.73. The van der Waals surface area contributed by atoms with E-state index >= 15 is 0 Å². The van der Waals surface area contributed by atoms with Gasteiger partial charge in [-0.2, -0.15) is 0 Å². The lowest BCUT2D eigenvalue weighted by Crippen LogP contribution is -2.40. The number of rotatable bonds is 3. The normalized spacial score (nSPS) is 15.7. The average molecular weight is 261 g/mol. The lowest BCUT2D eigenvalue weighted by atomic mass is 10.1. The third-order valence-corrected chi connectivity index (χ3v) is 3.95. The van der Waals surface area contributed by atoms with Gasteiger partial charge >= 0.3 is 0 Å². The third kappa shape index (κ3) is 3.66. The van der Waals surface area contributed by atoms with Crippen molar-refractivity contribution in [2.24, 2.45) is 0 Å². The largest absolute Gasteiger partial charge is 0.598 e. The van der Waals surface area contributed by atoms with Gasteiger partial charge in [-0.05, 0) is 39.8 Å². The summed E-state index contributed by atoms with van der Waals surface area (Å²) in [5.41, 5.74) is -0.0786. The molecular formula is C12H17F2NOS. The maximum Gasteiger partial charge on any atom is 0.136 e. The Morgan fingerprint density at radius 1 is 1.24 bits per heavy atom. The van der Waals surface area contributed by atoms with E-state index in [4.69, 9.17) is 0 Å². The molecule has 0 aromatic heterocycles. The van der Waals surface area contributed by atoms with E-state index < -0.39 is 33.8 Å². The summed E-state index contributed by atoms with van der Waals surface area (Å²) in [6.07, 6.45) is 0. The molecule has 0 bridgehead atoms. The van der Waals surface area contributed by atoms with Crippen LogP contribution in [0.3, 0.4) is 0 Å². The molecular weight excluding hydrogens is 244 g/mol. The molecule has 0 radical (unpaired) electrons. The van der Waals surface area contributed by atoms with E-state index in [2.05, 4.69) is 4.72 Å². The molecule has 0 saturated carbocycles. The summed E-state index contributed by atoms with van der Waals surface area (Å²) in [5.74, 6) is -1.26. The number of halogens is 2. The van der Waals surface area contributed by atoms with Crippen molar-refractivity contribution < 1.29 is 13.3 Å². The van der Waals surface area contributed by atoms with Crippen LogP contribution in [0.25, 0.3) is 0 Å². The Balaban J connectivity index is 2.87. The summed E-state index contributed by atoms with van der Waals surface area (Å²) in [6, 6.07) is 3.05. The second-order valence-corrected chi connectivity index (χ2v) is 6.85. The van der Waals surface area contributed by atoms with Crippen LogP contribution in [0, 0.1) is 11.6 Å². The van der Waals surface area contributed by atoms with Gasteiger partial charge in [-0.1, -0.05) is 6.07 Å². The van der Waals surface area contributed by atoms with Crippen molar-refractivity contribution in [1.82, 2.24) is 4.72 Å².